The molecule has 0 heterocycles. The molecule has 30 heavy (non-hydrogen) atoms. The smallest absolute Gasteiger partial charge is 0.387 e. The summed E-state index contributed by atoms with van der Waals surface area (Å²) in [5, 5.41) is 2.79. The van der Waals surface area contributed by atoms with Crippen molar-refractivity contribution >= 4 is 22.4 Å². The second kappa shape index (κ2) is 10.6. The molecular weight excluding hydrogens is 408 g/mol. The number of alkyl halides is 2. The summed E-state index contributed by atoms with van der Waals surface area (Å²) in [4.78, 5) is 12.3. The molecule has 1 N–H and O–H groups in total. The van der Waals surface area contributed by atoms with Crippen molar-refractivity contribution in [3.8, 4) is 5.75 Å². The fourth-order valence-corrected chi connectivity index (χ4v) is 4.18. The number of hydrogen-bond donors (Lipinski definition) is 1. The number of benzene rings is 3. The summed E-state index contributed by atoms with van der Waals surface area (Å²) >= 11 is 0. The normalized spacial score (nSPS) is 11.8. The van der Waals surface area contributed by atoms with Gasteiger partial charge in [-0.25, -0.2) is 0 Å². The average Bonchev–Trinajstić information content (AvgIpc) is 2.68. The largest absolute Gasteiger partial charge is 0.435 e. The maximum Gasteiger partial charge on any atom is 0.387 e. The number of rotatable bonds is 9. The van der Waals surface area contributed by atoms with Crippen molar-refractivity contribution in [3.05, 3.63) is 95.6 Å². The van der Waals surface area contributed by atoms with Gasteiger partial charge in [0.15, 0.2) is 0 Å². The molecule has 1 amide bonds. The summed E-state index contributed by atoms with van der Waals surface area (Å²) < 4.78 is 41.4. The first kappa shape index (κ1) is 21.6. The Bertz CT molecular complexity index is 1010. The van der Waals surface area contributed by atoms with Crippen LogP contribution in [0.1, 0.15) is 16.7 Å². The first-order valence-corrected chi connectivity index (χ1v) is 10.8. The molecule has 1 atom stereocenters. The number of carbonyl (C=O) groups excluding carboxylic acids is 1. The van der Waals surface area contributed by atoms with E-state index in [2.05, 4.69) is 10.1 Å². The molecule has 7 heteroatoms. The maximum absolute atomic E-state index is 12.4. The number of nitrogens with one attached hydrogen (secondary N) is 1. The zero-order valence-electron chi connectivity index (χ0n) is 16.1. The molecule has 3 rings (SSSR count). The van der Waals surface area contributed by atoms with Crippen LogP contribution in [0.5, 0.6) is 5.75 Å². The van der Waals surface area contributed by atoms with Crippen LogP contribution in [0.15, 0.2) is 78.9 Å². The van der Waals surface area contributed by atoms with Crippen LogP contribution in [0.3, 0.4) is 0 Å². The van der Waals surface area contributed by atoms with Crippen molar-refractivity contribution in [3.63, 3.8) is 0 Å². The third kappa shape index (κ3) is 7.08. The fourth-order valence-electron chi connectivity index (χ4n) is 2.96. The lowest BCUT2D eigenvalue weighted by molar-refractivity contribution is -0.115. The van der Waals surface area contributed by atoms with Crippen LogP contribution >= 0.6 is 0 Å². The van der Waals surface area contributed by atoms with Crippen LogP contribution in [0, 0.1) is 0 Å². The summed E-state index contributed by atoms with van der Waals surface area (Å²) in [5.41, 5.74) is 3.02. The Morgan fingerprint density at radius 3 is 2.30 bits per heavy atom. The van der Waals surface area contributed by atoms with Crippen molar-refractivity contribution in [2.45, 2.75) is 24.5 Å². The number of carbonyl (C=O) groups is 1. The van der Waals surface area contributed by atoms with Gasteiger partial charge in [-0.2, -0.15) is 8.78 Å². The second-order valence-electron chi connectivity index (χ2n) is 6.67. The lowest BCUT2D eigenvalue weighted by atomic mass is 10.1. The Morgan fingerprint density at radius 1 is 0.867 bits per heavy atom. The predicted octanol–water partition coefficient (Wildman–Crippen LogP) is 4.92. The minimum absolute atomic E-state index is 0.0122. The van der Waals surface area contributed by atoms with Crippen molar-refractivity contribution in [1.82, 2.24) is 0 Å². The molecule has 0 aliphatic rings. The molecule has 0 fully saturated rings. The van der Waals surface area contributed by atoms with E-state index in [9.17, 15) is 17.8 Å². The van der Waals surface area contributed by atoms with Gasteiger partial charge in [0.05, 0.1) is 6.42 Å². The highest BCUT2D eigenvalue weighted by atomic mass is 32.2. The van der Waals surface area contributed by atoms with Crippen molar-refractivity contribution < 1.29 is 22.5 Å². The minimum atomic E-state index is -2.91. The quantitative estimate of drug-likeness (QED) is 0.525. The summed E-state index contributed by atoms with van der Waals surface area (Å²) in [6, 6.07) is 22.9. The van der Waals surface area contributed by atoms with Crippen LogP contribution in [-0.2, 0) is 33.5 Å². The minimum Gasteiger partial charge on any atom is -0.435 e. The van der Waals surface area contributed by atoms with Crippen molar-refractivity contribution in [2.24, 2.45) is 0 Å². The van der Waals surface area contributed by atoms with E-state index in [-0.39, 0.29) is 18.1 Å². The third-order valence-corrected chi connectivity index (χ3v) is 5.51. The zero-order valence-corrected chi connectivity index (χ0v) is 16.9. The molecule has 0 bridgehead atoms. The van der Waals surface area contributed by atoms with Crippen molar-refractivity contribution in [2.75, 3.05) is 5.32 Å². The van der Waals surface area contributed by atoms with E-state index in [0.29, 0.717) is 22.8 Å². The van der Waals surface area contributed by atoms with Gasteiger partial charge in [-0.1, -0.05) is 54.6 Å². The predicted molar refractivity (Wildman–Crippen MR) is 114 cm³/mol. The molecule has 0 aliphatic heterocycles. The van der Waals surface area contributed by atoms with E-state index in [1.54, 1.807) is 30.3 Å². The highest BCUT2D eigenvalue weighted by Gasteiger charge is 2.09. The Balaban J connectivity index is 1.57. The third-order valence-electron chi connectivity index (χ3n) is 4.20. The van der Waals surface area contributed by atoms with E-state index in [0.717, 1.165) is 11.1 Å². The molecule has 4 nitrogen and oxygen atoms in total. The topological polar surface area (TPSA) is 55.4 Å². The first-order valence-electron chi connectivity index (χ1n) is 9.29. The summed E-state index contributed by atoms with van der Waals surface area (Å²) in [7, 11) is -1.07. The van der Waals surface area contributed by atoms with Gasteiger partial charge in [-0.15, -0.1) is 0 Å². The summed E-state index contributed by atoms with van der Waals surface area (Å²) in [5.74, 6) is 0.574. The number of anilines is 1. The van der Waals surface area contributed by atoms with Gasteiger partial charge in [0, 0.05) is 28.0 Å². The molecule has 0 aliphatic carbocycles. The van der Waals surface area contributed by atoms with E-state index in [1.807, 2.05) is 36.4 Å². The van der Waals surface area contributed by atoms with Crippen LogP contribution in [0.4, 0.5) is 14.5 Å². The summed E-state index contributed by atoms with van der Waals surface area (Å²) in [6.45, 7) is -2.91. The molecule has 3 aromatic rings. The highest BCUT2D eigenvalue weighted by Crippen LogP contribution is 2.18. The van der Waals surface area contributed by atoms with Gasteiger partial charge < -0.3 is 10.1 Å². The van der Waals surface area contributed by atoms with Gasteiger partial charge in [0.1, 0.15) is 5.75 Å². The summed E-state index contributed by atoms with van der Waals surface area (Å²) in [6.07, 6.45) is 0.0185. The molecule has 0 radical (unpaired) electrons. The zero-order chi connectivity index (χ0) is 21.3. The second-order valence-corrected chi connectivity index (χ2v) is 8.12. The fraction of sp³-hybridized carbons (Fsp3) is 0.174. The first-order chi connectivity index (χ1) is 14.5. The molecule has 0 saturated carbocycles. The van der Waals surface area contributed by atoms with Crippen LogP contribution in [0.25, 0.3) is 0 Å². The molecule has 0 saturated heterocycles. The van der Waals surface area contributed by atoms with Crippen LogP contribution in [0.2, 0.25) is 0 Å². The highest BCUT2D eigenvalue weighted by molar-refractivity contribution is 7.83. The molecule has 1 unspecified atom stereocenters. The Hall–Kier alpha value is -3.06. The van der Waals surface area contributed by atoms with Gasteiger partial charge in [-0.05, 0) is 41.0 Å². The Morgan fingerprint density at radius 2 is 1.53 bits per heavy atom. The number of amides is 1. The van der Waals surface area contributed by atoms with Crippen LogP contribution in [-0.4, -0.2) is 16.7 Å². The van der Waals surface area contributed by atoms with Gasteiger partial charge in [0.2, 0.25) is 5.91 Å². The van der Waals surface area contributed by atoms with E-state index >= 15 is 0 Å². The van der Waals surface area contributed by atoms with Gasteiger partial charge in [0.25, 0.3) is 0 Å². The molecular formula is C23H21F2NO3S. The Labute approximate surface area is 176 Å². The number of ether oxygens (including phenoxy) is 1. The van der Waals surface area contributed by atoms with Gasteiger partial charge >= 0.3 is 6.61 Å². The number of halogens is 2. The van der Waals surface area contributed by atoms with E-state index in [4.69, 9.17) is 0 Å². The average molecular weight is 429 g/mol. The molecule has 156 valence electrons. The lowest BCUT2D eigenvalue weighted by Gasteiger charge is -2.09. The van der Waals surface area contributed by atoms with Gasteiger partial charge in [-0.3, -0.25) is 9.00 Å². The molecule has 3 aromatic carbocycles. The van der Waals surface area contributed by atoms with E-state index < -0.39 is 17.4 Å². The lowest BCUT2D eigenvalue weighted by Crippen LogP contribution is -2.14. The molecule has 0 spiro atoms. The van der Waals surface area contributed by atoms with Crippen LogP contribution < -0.4 is 10.1 Å². The molecule has 0 aromatic heterocycles. The monoisotopic (exact) mass is 429 g/mol. The van der Waals surface area contributed by atoms with Crippen molar-refractivity contribution in [1.29, 1.82) is 0 Å². The standard InChI is InChI=1S/C23H21F2NO3S/c24-23(25)29-21-11-5-8-18(13-21)14-22(27)26-20-10-4-9-19(12-20)16-30(28)15-17-6-2-1-3-7-17/h1-13,23H,14-16H2,(H,26,27). The van der Waals surface area contributed by atoms with E-state index in [1.165, 1.54) is 12.1 Å². The maximum atomic E-state index is 12.4. The SMILES string of the molecule is O=C(Cc1cccc(OC(F)F)c1)Nc1cccc(CS(=O)Cc2ccccc2)c1. The Kier molecular flexibility index (Phi) is 7.68. The number of hydrogen-bond acceptors (Lipinski definition) is 3.